The Labute approximate surface area is 236 Å². The summed E-state index contributed by atoms with van der Waals surface area (Å²) in [6, 6.07) is 24.3. The third-order valence-electron chi connectivity index (χ3n) is 7.13. The number of benzene rings is 3. The van der Waals surface area contributed by atoms with Gasteiger partial charge >= 0.3 is 0 Å². The second kappa shape index (κ2) is 12.9. The van der Waals surface area contributed by atoms with Gasteiger partial charge in [0.2, 0.25) is 11.8 Å². The van der Waals surface area contributed by atoms with Crippen LogP contribution in [0.25, 0.3) is 0 Å². The standard InChI is InChI=1S/C31H35N3O5S/c1-3-23(2)32-30(36)27(21-24-13-6-4-7-14-24)33(22-25-15-8-5-9-16-25)29(35)19-12-20-34-31(37)26-17-10-11-18-28(26)40(34,38)39/h4-11,13-18,23,27H,3,12,19-22H2,1-2H3,(H,32,36)/t23-,27-/m0/s1. The van der Waals surface area contributed by atoms with Crippen molar-refractivity contribution in [3.05, 3.63) is 102 Å². The molecule has 210 valence electrons. The van der Waals surface area contributed by atoms with Gasteiger partial charge in [-0.05, 0) is 43.0 Å². The highest BCUT2D eigenvalue weighted by Crippen LogP contribution is 2.30. The zero-order valence-corrected chi connectivity index (χ0v) is 23.6. The molecule has 1 heterocycles. The van der Waals surface area contributed by atoms with Crippen molar-refractivity contribution in [2.45, 2.75) is 63.1 Å². The van der Waals surface area contributed by atoms with E-state index in [0.717, 1.165) is 21.9 Å². The smallest absolute Gasteiger partial charge is 0.269 e. The number of nitrogens with zero attached hydrogens (tertiary/aromatic N) is 2. The summed E-state index contributed by atoms with van der Waals surface area (Å²) in [4.78, 5) is 41.7. The lowest BCUT2D eigenvalue weighted by Crippen LogP contribution is -2.52. The van der Waals surface area contributed by atoms with Crippen molar-refractivity contribution >= 4 is 27.7 Å². The Morgan fingerprint density at radius 2 is 1.50 bits per heavy atom. The molecule has 0 spiro atoms. The first-order valence-electron chi connectivity index (χ1n) is 13.6. The Kier molecular flexibility index (Phi) is 9.37. The van der Waals surface area contributed by atoms with Crippen molar-refractivity contribution in [3.8, 4) is 0 Å². The van der Waals surface area contributed by atoms with Crippen LogP contribution >= 0.6 is 0 Å². The Morgan fingerprint density at radius 3 is 2.12 bits per heavy atom. The number of rotatable bonds is 12. The van der Waals surface area contributed by atoms with Gasteiger partial charge in [-0.15, -0.1) is 0 Å². The van der Waals surface area contributed by atoms with Gasteiger partial charge in [-0.25, -0.2) is 12.7 Å². The SMILES string of the molecule is CC[C@H](C)NC(=O)[C@H](Cc1ccccc1)N(Cc1ccccc1)C(=O)CCCN1C(=O)c2ccccc2S1(=O)=O. The molecule has 1 aliphatic heterocycles. The maximum Gasteiger partial charge on any atom is 0.269 e. The van der Waals surface area contributed by atoms with Crippen molar-refractivity contribution in [1.29, 1.82) is 0 Å². The highest BCUT2D eigenvalue weighted by Gasteiger charge is 2.40. The number of carbonyl (C=O) groups is 3. The fourth-order valence-electron chi connectivity index (χ4n) is 4.74. The maximum absolute atomic E-state index is 13.8. The molecule has 0 unspecified atom stereocenters. The molecule has 3 aromatic rings. The average Bonchev–Trinajstić information content (AvgIpc) is 3.16. The lowest BCUT2D eigenvalue weighted by Gasteiger charge is -2.32. The summed E-state index contributed by atoms with van der Waals surface area (Å²) in [6.07, 6.45) is 1.19. The minimum atomic E-state index is -3.95. The van der Waals surface area contributed by atoms with Crippen molar-refractivity contribution < 1.29 is 22.8 Å². The van der Waals surface area contributed by atoms with Gasteiger partial charge in [0.15, 0.2) is 0 Å². The van der Waals surface area contributed by atoms with Gasteiger partial charge in [0.25, 0.3) is 15.9 Å². The summed E-state index contributed by atoms with van der Waals surface area (Å²) in [7, 11) is -3.95. The van der Waals surface area contributed by atoms with E-state index < -0.39 is 22.0 Å². The summed E-state index contributed by atoms with van der Waals surface area (Å²) in [6.45, 7) is 4.00. The van der Waals surface area contributed by atoms with Crippen molar-refractivity contribution in [2.24, 2.45) is 0 Å². The molecule has 0 aromatic heterocycles. The Bertz CT molecular complexity index is 1440. The van der Waals surface area contributed by atoms with Crippen LogP contribution in [-0.2, 0) is 32.6 Å². The van der Waals surface area contributed by atoms with Gasteiger partial charge < -0.3 is 10.2 Å². The summed E-state index contributed by atoms with van der Waals surface area (Å²) < 4.78 is 26.7. The fourth-order valence-corrected chi connectivity index (χ4v) is 6.35. The molecule has 9 heteroatoms. The normalized spacial score (nSPS) is 15.2. The molecule has 4 rings (SSSR count). The average molecular weight is 562 g/mol. The van der Waals surface area contributed by atoms with Crippen LogP contribution in [0.2, 0.25) is 0 Å². The van der Waals surface area contributed by atoms with Crippen LogP contribution in [0.3, 0.4) is 0 Å². The fraction of sp³-hybridized carbons (Fsp3) is 0.323. The summed E-state index contributed by atoms with van der Waals surface area (Å²) in [5.74, 6) is -1.11. The van der Waals surface area contributed by atoms with Gasteiger partial charge in [0.1, 0.15) is 10.9 Å². The quantitative estimate of drug-likeness (QED) is 0.358. The number of fused-ring (bicyclic) bond motifs is 1. The second-order valence-electron chi connectivity index (χ2n) is 10.0. The molecule has 40 heavy (non-hydrogen) atoms. The molecular weight excluding hydrogens is 526 g/mol. The summed E-state index contributed by atoms with van der Waals surface area (Å²) in [5, 5.41) is 3.03. The van der Waals surface area contributed by atoms with E-state index in [1.165, 1.54) is 12.1 Å². The summed E-state index contributed by atoms with van der Waals surface area (Å²) in [5.41, 5.74) is 1.94. The lowest BCUT2D eigenvalue weighted by molar-refractivity contribution is -0.141. The third kappa shape index (κ3) is 6.59. The molecule has 0 aliphatic carbocycles. The predicted octanol–water partition coefficient (Wildman–Crippen LogP) is 4.17. The molecule has 0 fully saturated rings. The third-order valence-corrected chi connectivity index (χ3v) is 8.97. The largest absolute Gasteiger partial charge is 0.352 e. The molecule has 3 aromatic carbocycles. The van der Waals surface area contributed by atoms with Gasteiger partial charge in [0.05, 0.1) is 5.56 Å². The van der Waals surface area contributed by atoms with E-state index in [2.05, 4.69) is 5.32 Å². The van der Waals surface area contributed by atoms with Gasteiger partial charge in [0, 0.05) is 32.0 Å². The number of nitrogens with one attached hydrogen (secondary N) is 1. The summed E-state index contributed by atoms with van der Waals surface area (Å²) >= 11 is 0. The Morgan fingerprint density at radius 1 is 0.900 bits per heavy atom. The first-order valence-corrected chi connectivity index (χ1v) is 15.0. The zero-order chi connectivity index (χ0) is 28.7. The first-order chi connectivity index (χ1) is 19.2. The van der Waals surface area contributed by atoms with E-state index in [4.69, 9.17) is 0 Å². The van der Waals surface area contributed by atoms with E-state index in [1.807, 2.05) is 74.5 Å². The molecule has 8 nitrogen and oxygen atoms in total. The Balaban J connectivity index is 1.55. The van der Waals surface area contributed by atoms with E-state index in [0.29, 0.717) is 6.42 Å². The van der Waals surface area contributed by atoms with Crippen LogP contribution in [0.5, 0.6) is 0 Å². The minimum Gasteiger partial charge on any atom is -0.352 e. The minimum absolute atomic E-state index is 0.0123. The maximum atomic E-state index is 13.8. The molecule has 0 radical (unpaired) electrons. The van der Waals surface area contributed by atoms with Gasteiger partial charge in [-0.1, -0.05) is 79.7 Å². The molecular formula is C31H35N3O5S. The molecule has 0 saturated heterocycles. The van der Waals surface area contributed by atoms with E-state index >= 15 is 0 Å². The number of sulfonamides is 1. The topological polar surface area (TPSA) is 104 Å². The molecule has 0 saturated carbocycles. The van der Waals surface area contributed by atoms with Crippen LogP contribution < -0.4 is 5.32 Å². The highest BCUT2D eigenvalue weighted by atomic mass is 32.2. The van der Waals surface area contributed by atoms with Crippen molar-refractivity contribution in [3.63, 3.8) is 0 Å². The monoisotopic (exact) mass is 561 g/mol. The number of hydrogen-bond donors (Lipinski definition) is 1. The van der Waals surface area contributed by atoms with Crippen LogP contribution in [-0.4, -0.2) is 54.0 Å². The lowest BCUT2D eigenvalue weighted by atomic mass is 10.0. The van der Waals surface area contributed by atoms with E-state index in [9.17, 15) is 22.8 Å². The number of amides is 3. The van der Waals surface area contributed by atoms with Crippen molar-refractivity contribution in [2.75, 3.05) is 6.54 Å². The number of carbonyl (C=O) groups excluding carboxylic acids is 3. The van der Waals surface area contributed by atoms with Gasteiger partial charge in [-0.2, -0.15) is 0 Å². The van der Waals surface area contributed by atoms with Crippen molar-refractivity contribution in [1.82, 2.24) is 14.5 Å². The van der Waals surface area contributed by atoms with Crippen LogP contribution in [0.15, 0.2) is 89.8 Å². The van der Waals surface area contributed by atoms with E-state index in [1.54, 1.807) is 17.0 Å². The molecule has 0 bridgehead atoms. The zero-order valence-electron chi connectivity index (χ0n) is 22.8. The van der Waals surface area contributed by atoms with Crippen LogP contribution in [0.1, 0.15) is 54.6 Å². The Hall–Kier alpha value is -3.98. The van der Waals surface area contributed by atoms with Crippen LogP contribution in [0.4, 0.5) is 0 Å². The second-order valence-corrected chi connectivity index (χ2v) is 11.8. The molecule has 2 atom stereocenters. The van der Waals surface area contributed by atoms with Crippen LogP contribution in [0, 0.1) is 0 Å². The molecule has 1 N–H and O–H groups in total. The molecule has 3 amide bonds. The van der Waals surface area contributed by atoms with E-state index in [-0.39, 0.29) is 54.2 Å². The highest BCUT2D eigenvalue weighted by molar-refractivity contribution is 7.90. The molecule has 1 aliphatic rings. The number of hydrogen-bond acceptors (Lipinski definition) is 5. The first kappa shape index (κ1) is 29.0. The van der Waals surface area contributed by atoms with Gasteiger partial charge in [-0.3, -0.25) is 14.4 Å². The predicted molar refractivity (Wildman–Crippen MR) is 153 cm³/mol.